The number of aryl methyl sites for hydroxylation is 2. The van der Waals surface area contributed by atoms with Crippen LogP contribution in [0.25, 0.3) is 0 Å². The van der Waals surface area contributed by atoms with Gasteiger partial charge < -0.3 is 10.2 Å². The minimum absolute atomic E-state index is 0.206. The molecule has 3 rings (SSSR count). The maximum absolute atomic E-state index is 12.6. The van der Waals surface area contributed by atoms with Crippen molar-refractivity contribution in [2.24, 2.45) is 5.92 Å². The molecule has 3 nitrogen and oxygen atoms in total. The molecule has 18 heavy (non-hydrogen) atoms. The van der Waals surface area contributed by atoms with Crippen molar-refractivity contribution in [2.45, 2.75) is 26.3 Å². The summed E-state index contributed by atoms with van der Waals surface area (Å²) in [5.74, 6) is 0.873. The van der Waals surface area contributed by atoms with E-state index in [1.54, 1.807) is 0 Å². The molecule has 3 heteroatoms. The van der Waals surface area contributed by atoms with Gasteiger partial charge in [0.15, 0.2) is 0 Å². The fraction of sp³-hybridized carbons (Fsp3) is 0.533. The van der Waals surface area contributed by atoms with Crippen LogP contribution in [0.2, 0.25) is 0 Å². The number of carbonyl (C=O) groups excluding carboxylic acids is 1. The first-order valence-corrected chi connectivity index (χ1v) is 6.75. The molecule has 0 unspecified atom stereocenters. The van der Waals surface area contributed by atoms with E-state index < -0.39 is 0 Å². The van der Waals surface area contributed by atoms with Gasteiger partial charge in [-0.15, -0.1) is 0 Å². The van der Waals surface area contributed by atoms with Gasteiger partial charge in [-0.3, -0.25) is 4.79 Å². The molecule has 1 N–H and O–H groups in total. The Hall–Kier alpha value is -1.35. The first-order chi connectivity index (χ1) is 8.65. The molecule has 0 spiro atoms. The van der Waals surface area contributed by atoms with E-state index in [2.05, 4.69) is 16.3 Å². The van der Waals surface area contributed by atoms with Crippen molar-refractivity contribution in [3.8, 4) is 0 Å². The second kappa shape index (κ2) is 4.39. The lowest BCUT2D eigenvalue weighted by Crippen LogP contribution is -2.39. The van der Waals surface area contributed by atoms with Crippen LogP contribution in [-0.2, 0) is 0 Å². The Balaban J connectivity index is 1.86. The van der Waals surface area contributed by atoms with Crippen LogP contribution >= 0.6 is 0 Å². The smallest absolute Gasteiger partial charge is 0.254 e. The summed E-state index contributed by atoms with van der Waals surface area (Å²) in [4.78, 5) is 14.7. The van der Waals surface area contributed by atoms with Crippen LogP contribution in [0.15, 0.2) is 18.2 Å². The molecule has 0 bridgehead atoms. The molecule has 2 fully saturated rings. The molecule has 1 aromatic rings. The maximum atomic E-state index is 12.6. The summed E-state index contributed by atoms with van der Waals surface area (Å²) in [6.45, 7) is 7.05. The van der Waals surface area contributed by atoms with Crippen LogP contribution in [0.4, 0.5) is 0 Å². The van der Waals surface area contributed by atoms with Gasteiger partial charge in [-0.05, 0) is 38.3 Å². The molecule has 2 atom stereocenters. The van der Waals surface area contributed by atoms with Crippen molar-refractivity contribution >= 4 is 5.91 Å². The van der Waals surface area contributed by atoms with Crippen molar-refractivity contribution in [3.05, 3.63) is 34.9 Å². The monoisotopic (exact) mass is 244 g/mol. The lowest BCUT2D eigenvalue weighted by atomic mass is 10.0. The fourth-order valence-electron chi connectivity index (χ4n) is 3.37. The zero-order valence-corrected chi connectivity index (χ0v) is 11.1. The quantitative estimate of drug-likeness (QED) is 0.816. The summed E-state index contributed by atoms with van der Waals surface area (Å²) < 4.78 is 0. The fourth-order valence-corrected chi connectivity index (χ4v) is 3.37. The van der Waals surface area contributed by atoms with E-state index in [0.29, 0.717) is 12.0 Å². The van der Waals surface area contributed by atoms with Crippen LogP contribution in [0.1, 0.15) is 27.9 Å². The lowest BCUT2D eigenvalue weighted by Gasteiger charge is -2.23. The van der Waals surface area contributed by atoms with Crippen LogP contribution in [0.5, 0.6) is 0 Å². The van der Waals surface area contributed by atoms with Gasteiger partial charge in [-0.1, -0.05) is 17.2 Å². The summed E-state index contributed by atoms with van der Waals surface area (Å²) in [6, 6.07) is 6.54. The molecule has 2 aliphatic heterocycles. The molecule has 0 aliphatic carbocycles. The van der Waals surface area contributed by atoms with Crippen molar-refractivity contribution in [1.82, 2.24) is 10.2 Å². The highest BCUT2D eigenvalue weighted by Crippen LogP contribution is 2.28. The van der Waals surface area contributed by atoms with E-state index >= 15 is 0 Å². The van der Waals surface area contributed by atoms with Gasteiger partial charge >= 0.3 is 0 Å². The number of amides is 1. The molecule has 0 radical (unpaired) electrons. The average Bonchev–Trinajstić information content (AvgIpc) is 2.88. The summed E-state index contributed by atoms with van der Waals surface area (Å²) in [7, 11) is 0. The number of carbonyl (C=O) groups is 1. The molecule has 2 aliphatic rings. The number of nitrogens with one attached hydrogen (secondary N) is 1. The SMILES string of the molecule is Cc1cc(C)cc(C(=O)N2CC[C@@H]3CNC[C@@H]32)c1. The first kappa shape index (κ1) is 11.7. The highest BCUT2D eigenvalue weighted by Gasteiger charge is 2.40. The third-order valence-electron chi connectivity index (χ3n) is 4.17. The number of hydrogen-bond donors (Lipinski definition) is 1. The minimum Gasteiger partial charge on any atom is -0.334 e. The van der Waals surface area contributed by atoms with E-state index in [4.69, 9.17) is 0 Å². The van der Waals surface area contributed by atoms with Gasteiger partial charge in [0, 0.05) is 31.2 Å². The van der Waals surface area contributed by atoms with Crippen LogP contribution in [0, 0.1) is 19.8 Å². The molecule has 2 heterocycles. The van der Waals surface area contributed by atoms with Crippen LogP contribution in [-0.4, -0.2) is 36.5 Å². The number of rotatable bonds is 1. The zero-order chi connectivity index (χ0) is 12.7. The van der Waals surface area contributed by atoms with E-state index in [0.717, 1.165) is 31.6 Å². The summed E-state index contributed by atoms with van der Waals surface area (Å²) in [5, 5.41) is 3.39. The molecule has 0 saturated carbocycles. The van der Waals surface area contributed by atoms with E-state index in [9.17, 15) is 4.79 Å². The second-order valence-electron chi connectivity index (χ2n) is 5.65. The second-order valence-corrected chi connectivity index (χ2v) is 5.65. The zero-order valence-electron chi connectivity index (χ0n) is 11.1. The summed E-state index contributed by atoms with van der Waals surface area (Å²) in [5.41, 5.74) is 3.18. The Labute approximate surface area is 108 Å². The average molecular weight is 244 g/mol. The van der Waals surface area contributed by atoms with Crippen molar-refractivity contribution in [1.29, 1.82) is 0 Å². The molecule has 2 saturated heterocycles. The highest BCUT2D eigenvalue weighted by atomic mass is 16.2. The molecule has 96 valence electrons. The Morgan fingerprint density at radius 3 is 2.67 bits per heavy atom. The minimum atomic E-state index is 0.206. The number of nitrogens with zero attached hydrogens (tertiary/aromatic N) is 1. The summed E-state index contributed by atoms with van der Waals surface area (Å²) >= 11 is 0. The van der Waals surface area contributed by atoms with Crippen LogP contribution < -0.4 is 5.32 Å². The predicted octanol–water partition coefficient (Wildman–Crippen LogP) is 1.74. The first-order valence-electron chi connectivity index (χ1n) is 6.75. The third-order valence-corrected chi connectivity index (χ3v) is 4.17. The van der Waals surface area contributed by atoms with Crippen molar-refractivity contribution < 1.29 is 4.79 Å². The van der Waals surface area contributed by atoms with Crippen molar-refractivity contribution in [3.63, 3.8) is 0 Å². The van der Waals surface area contributed by atoms with E-state index in [1.165, 1.54) is 11.1 Å². The Bertz CT molecular complexity index is 463. The Morgan fingerprint density at radius 1 is 1.22 bits per heavy atom. The molecule has 1 aromatic carbocycles. The third kappa shape index (κ3) is 1.93. The number of hydrogen-bond acceptors (Lipinski definition) is 2. The lowest BCUT2D eigenvalue weighted by molar-refractivity contribution is 0.0737. The van der Waals surface area contributed by atoms with Crippen LogP contribution in [0.3, 0.4) is 0 Å². The van der Waals surface area contributed by atoms with Gasteiger partial charge in [-0.25, -0.2) is 0 Å². The molecular formula is C15H20N2O. The number of likely N-dealkylation sites (tertiary alicyclic amines) is 1. The van der Waals surface area contributed by atoms with Crippen molar-refractivity contribution in [2.75, 3.05) is 19.6 Å². The molecular weight excluding hydrogens is 224 g/mol. The molecule has 0 aromatic heterocycles. The predicted molar refractivity (Wildman–Crippen MR) is 71.7 cm³/mol. The Kier molecular flexibility index (Phi) is 2.86. The van der Waals surface area contributed by atoms with E-state index in [-0.39, 0.29) is 5.91 Å². The normalized spacial score (nSPS) is 26.4. The Morgan fingerprint density at radius 2 is 1.94 bits per heavy atom. The van der Waals surface area contributed by atoms with E-state index in [1.807, 2.05) is 26.0 Å². The highest BCUT2D eigenvalue weighted by molar-refractivity contribution is 5.95. The number of fused-ring (bicyclic) bond motifs is 1. The van der Waals surface area contributed by atoms with Gasteiger partial charge in [0.05, 0.1) is 0 Å². The van der Waals surface area contributed by atoms with Gasteiger partial charge in [0.25, 0.3) is 5.91 Å². The topological polar surface area (TPSA) is 32.3 Å². The standard InChI is InChI=1S/C15H20N2O/c1-10-5-11(2)7-13(6-10)15(18)17-4-3-12-8-16-9-14(12)17/h5-7,12,14,16H,3-4,8-9H2,1-2H3/t12-,14+/m1/s1. The number of benzene rings is 1. The van der Waals surface area contributed by atoms with Gasteiger partial charge in [0.2, 0.25) is 0 Å². The summed E-state index contributed by atoms with van der Waals surface area (Å²) in [6.07, 6.45) is 1.15. The van der Waals surface area contributed by atoms with Gasteiger partial charge in [0.1, 0.15) is 0 Å². The molecule has 1 amide bonds. The maximum Gasteiger partial charge on any atom is 0.254 e. The largest absolute Gasteiger partial charge is 0.334 e. The van der Waals surface area contributed by atoms with Gasteiger partial charge in [-0.2, -0.15) is 0 Å².